The molecule has 0 aliphatic heterocycles. The van der Waals surface area contributed by atoms with Crippen molar-refractivity contribution >= 4 is 45.5 Å². The van der Waals surface area contributed by atoms with Crippen LogP contribution in [0.3, 0.4) is 0 Å². The van der Waals surface area contributed by atoms with Gasteiger partial charge >= 0.3 is 0 Å². The number of benzene rings is 1. The Labute approximate surface area is 95.1 Å². The molecule has 0 heterocycles. The Kier molecular flexibility index (Phi) is 4.37. The maximum atomic E-state index is 9.04. The van der Waals surface area contributed by atoms with Crippen LogP contribution in [0.25, 0.3) is 0 Å². The molecule has 0 saturated carbocycles. The van der Waals surface area contributed by atoms with Crippen molar-refractivity contribution in [3.05, 3.63) is 24.3 Å². The minimum atomic E-state index is 0.266. The molecule has 0 spiro atoms. The molecule has 0 aromatic heterocycles. The van der Waals surface area contributed by atoms with Crippen LogP contribution in [0.4, 0.5) is 5.69 Å². The smallest absolute Gasteiger partial charge is 0.171 e. The van der Waals surface area contributed by atoms with Crippen molar-refractivity contribution in [2.24, 2.45) is 3.21 Å². The highest BCUT2D eigenvalue weighted by Crippen LogP contribution is 2.15. The van der Waals surface area contributed by atoms with Crippen molar-refractivity contribution in [3.63, 3.8) is 0 Å². The van der Waals surface area contributed by atoms with E-state index in [0.29, 0.717) is 0 Å². The van der Waals surface area contributed by atoms with E-state index in [-0.39, 0.29) is 5.75 Å². The average Bonchev–Trinajstić information content (AvgIpc) is 2.17. The number of phenols is 1. The lowest BCUT2D eigenvalue weighted by atomic mass is 10.3. The van der Waals surface area contributed by atoms with Crippen LogP contribution >= 0.6 is 34.6 Å². The van der Waals surface area contributed by atoms with Gasteiger partial charge in [-0.15, -0.1) is 0 Å². The Bertz CT molecular complexity index is 300. The first-order valence-electron chi connectivity index (χ1n) is 3.55. The van der Waals surface area contributed by atoms with E-state index in [0.717, 1.165) is 10.9 Å². The molecule has 1 aromatic rings. The summed E-state index contributed by atoms with van der Waals surface area (Å²) in [5, 5.41) is 13.0. The lowest BCUT2D eigenvalue weighted by Crippen LogP contribution is -2.05. The predicted octanol–water partition coefficient (Wildman–Crippen LogP) is 2.87. The topological polar surface area (TPSA) is 44.6 Å². The van der Waals surface area contributed by atoms with Crippen LogP contribution in [0.15, 0.2) is 27.5 Å². The summed E-state index contributed by atoms with van der Waals surface area (Å²) >= 11 is 3.48. The highest BCUT2D eigenvalue weighted by molar-refractivity contribution is 14.1. The van der Waals surface area contributed by atoms with Crippen LogP contribution in [-0.2, 0) is 0 Å². The van der Waals surface area contributed by atoms with Gasteiger partial charge in [0.05, 0.1) is 22.9 Å². The van der Waals surface area contributed by atoms with Gasteiger partial charge in [0.1, 0.15) is 5.75 Å². The third-order valence-corrected chi connectivity index (χ3v) is 2.78. The van der Waals surface area contributed by atoms with Crippen LogP contribution in [0, 0.1) is 0 Å². The van der Waals surface area contributed by atoms with Crippen LogP contribution in [0.5, 0.6) is 5.75 Å². The van der Waals surface area contributed by atoms with E-state index >= 15 is 0 Å². The molecule has 1 aromatic carbocycles. The molecule has 2 N–H and O–H groups in total. The number of halogens is 1. The minimum absolute atomic E-state index is 0.266. The van der Waals surface area contributed by atoms with E-state index in [1.54, 1.807) is 24.3 Å². The van der Waals surface area contributed by atoms with Gasteiger partial charge in [-0.1, -0.05) is 11.8 Å². The van der Waals surface area contributed by atoms with Gasteiger partial charge in [0.2, 0.25) is 0 Å². The summed E-state index contributed by atoms with van der Waals surface area (Å²) in [4.78, 5) is 0. The van der Waals surface area contributed by atoms with E-state index in [1.165, 1.54) is 11.8 Å². The van der Waals surface area contributed by atoms with Gasteiger partial charge in [0, 0.05) is 5.69 Å². The molecular formula is C8H9IN2OS. The molecule has 1 rings (SSSR count). The van der Waals surface area contributed by atoms with Gasteiger partial charge in [-0.25, -0.2) is 0 Å². The normalized spacial score (nSPS) is 11.4. The highest BCUT2D eigenvalue weighted by Gasteiger charge is 1.96. The summed E-state index contributed by atoms with van der Waals surface area (Å²) in [6, 6.07) is 6.86. The second-order valence-electron chi connectivity index (χ2n) is 2.27. The van der Waals surface area contributed by atoms with Gasteiger partial charge in [0.25, 0.3) is 0 Å². The Balaban J connectivity index is 2.69. The van der Waals surface area contributed by atoms with Crippen molar-refractivity contribution in [3.8, 4) is 5.75 Å². The number of rotatable bonds is 1. The molecule has 0 fully saturated rings. The van der Waals surface area contributed by atoms with Crippen LogP contribution in [0.1, 0.15) is 0 Å². The second-order valence-corrected chi connectivity index (χ2v) is 3.54. The molecule has 0 bridgehead atoms. The predicted molar refractivity (Wildman–Crippen MR) is 66.7 cm³/mol. The number of anilines is 1. The molecule has 0 amide bonds. The second kappa shape index (κ2) is 5.33. The van der Waals surface area contributed by atoms with E-state index in [9.17, 15) is 0 Å². The van der Waals surface area contributed by atoms with Crippen LogP contribution in [-0.4, -0.2) is 16.5 Å². The lowest BCUT2D eigenvalue weighted by Gasteiger charge is -2.05. The van der Waals surface area contributed by atoms with Gasteiger partial charge in [-0.05, 0) is 30.5 Å². The Morgan fingerprint density at radius 3 is 2.54 bits per heavy atom. The van der Waals surface area contributed by atoms with E-state index in [2.05, 4.69) is 8.52 Å². The third-order valence-electron chi connectivity index (χ3n) is 1.39. The van der Waals surface area contributed by atoms with Crippen LogP contribution in [0.2, 0.25) is 0 Å². The van der Waals surface area contributed by atoms with E-state index < -0.39 is 0 Å². The number of thioether (sulfide) groups is 1. The standard InChI is InChI=1S/C8H9IN2OS/c1-13-8(11-9)10-6-2-4-7(12)5-3-6/h2-5,12H,1H3,(H,10,11). The third kappa shape index (κ3) is 3.43. The van der Waals surface area contributed by atoms with E-state index in [1.807, 2.05) is 29.1 Å². The molecule has 0 saturated heterocycles. The largest absolute Gasteiger partial charge is 0.508 e. The van der Waals surface area contributed by atoms with Crippen molar-refractivity contribution in [2.75, 3.05) is 11.6 Å². The quantitative estimate of drug-likeness (QED) is 0.363. The fourth-order valence-electron chi connectivity index (χ4n) is 0.775. The number of hydrogen-bond acceptors (Lipinski definition) is 3. The molecule has 0 radical (unpaired) electrons. The first-order valence-corrected chi connectivity index (χ1v) is 5.74. The minimum Gasteiger partial charge on any atom is -0.508 e. The first-order chi connectivity index (χ1) is 6.26. The number of nitrogens with one attached hydrogen (secondary N) is 1. The maximum Gasteiger partial charge on any atom is 0.171 e. The molecule has 0 aliphatic carbocycles. The zero-order valence-electron chi connectivity index (χ0n) is 6.99. The van der Waals surface area contributed by atoms with E-state index in [4.69, 9.17) is 5.11 Å². The number of hydrogen-bond donors (Lipinski definition) is 2. The first kappa shape index (κ1) is 10.6. The highest BCUT2D eigenvalue weighted by atomic mass is 127. The average molecular weight is 308 g/mol. The van der Waals surface area contributed by atoms with Gasteiger partial charge < -0.3 is 10.4 Å². The molecule has 0 unspecified atom stereocenters. The molecule has 0 aliphatic rings. The summed E-state index contributed by atoms with van der Waals surface area (Å²) in [7, 11) is 0. The Hall–Kier alpha value is -0.430. The van der Waals surface area contributed by atoms with Crippen molar-refractivity contribution in [2.45, 2.75) is 0 Å². The SMILES string of the molecule is CS/C(=N\I)Nc1ccc(O)cc1. The van der Waals surface area contributed by atoms with Gasteiger partial charge in [-0.3, -0.25) is 0 Å². The lowest BCUT2D eigenvalue weighted by molar-refractivity contribution is 0.475. The van der Waals surface area contributed by atoms with Crippen molar-refractivity contribution < 1.29 is 5.11 Å². The van der Waals surface area contributed by atoms with Crippen LogP contribution < -0.4 is 5.32 Å². The maximum absolute atomic E-state index is 9.04. The zero-order chi connectivity index (χ0) is 9.68. The summed E-state index contributed by atoms with van der Waals surface area (Å²) in [6.07, 6.45) is 1.95. The fourth-order valence-corrected chi connectivity index (χ4v) is 1.78. The number of amidine groups is 1. The summed E-state index contributed by atoms with van der Waals surface area (Å²) < 4.78 is 4.00. The summed E-state index contributed by atoms with van der Waals surface area (Å²) in [6.45, 7) is 0. The summed E-state index contributed by atoms with van der Waals surface area (Å²) in [5.41, 5.74) is 0.919. The molecule has 70 valence electrons. The molecular weight excluding hydrogens is 299 g/mol. The molecule has 0 atom stereocenters. The zero-order valence-corrected chi connectivity index (χ0v) is 9.96. The molecule has 3 nitrogen and oxygen atoms in total. The fraction of sp³-hybridized carbons (Fsp3) is 0.125. The summed E-state index contributed by atoms with van der Waals surface area (Å²) in [5.74, 6) is 0.266. The van der Waals surface area contributed by atoms with Gasteiger partial charge in [-0.2, -0.15) is 3.21 Å². The number of aromatic hydroxyl groups is 1. The van der Waals surface area contributed by atoms with Gasteiger partial charge in [0.15, 0.2) is 5.17 Å². The van der Waals surface area contributed by atoms with Crippen molar-refractivity contribution in [1.82, 2.24) is 0 Å². The molecule has 13 heavy (non-hydrogen) atoms. The Morgan fingerprint density at radius 1 is 1.46 bits per heavy atom. The van der Waals surface area contributed by atoms with Crippen molar-refractivity contribution in [1.29, 1.82) is 0 Å². The monoisotopic (exact) mass is 308 g/mol. The number of nitrogens with zero attached hydrogens (tertiary/aromatic N) is 1. The molecule has 5 heteroatoms. The Morgan fingerprint density at radius 2 is 2.08 bits per heavy atom. The number of phenolic OH excluding ortho intramolecular Hbond substituents is 1.